The van der Waals surface area contributed by atoms with E-state index in [2.05, 4.69) is 10.6 Å². The normalized spacial score (nSPS) is 10.2. The second-order valence-electron chi connectivity index (χ2n) is 6.24. The number of carbonyl (C=O) groups is 3. The average molecular weight is 392 g/mol. The van der Waals surface area contributed by atoms with E-state index in [9.17, 15) is 14.4 Å². The number of esters is 1. The van der Waals surface area contributed by atoms with Crippen LogP contribution in [-0.4, -0.2) is 24.3 Å². The monoisotopic (exact) mass is 392 g/mol. The number of ether oxygens (including phenoxy) is 1. The van der Waals surface area contributed by atoms with E-state index >= 15 is 0 Å². The van der Waals surface area contributed by atoms with Gasteiger partial charge >= 0.3 is 5.97 Å². The van der Waals surface area contributed by atoms with E-state index in [1.54, 1.807) is 60.9 Å². The third kappa shape index (κ3) is 5.55. The van der Waals surface area contributed by atoms with Gasteiger partial charge in [0.2, 0.25) is 0 Å². The molecule has 7 heteroatoms. The van der Waals surface area contributed by atoms with Crippen LogP contribution in [0, 0.1) is 0 Å². The number of rotatable bonds is 8. The fraction of sp³-hybridized carbons (Fsp3) is 0.136. The molecule has 29 heavy (non-hydrogen) atoms. The molecule has 7 nitrogen and oxygen atoms in total. The van der Waals surface area contributed by atoms with Crippen molar-refractivity contribution in [3.05, 3.63) is 83.8 Å². The highest BCUT2D eigenvalue weighted by Crippen LogP contribution is 2.18. The van der Waals surface area contributed by atoms with Crippen LogP contribution >= 0.6 is 0 Å². The highest BCUT2D eigenvalue weighted by Gasteiger charge is 2.15. The zero-order chi connectivity index (χ0) is 20.6. The van der Waals surface area contributed by atoms with Gasteiger partial charge < -0.3 is 19.8 Å². The van der Waals surface area contributed by atoms with Gasteiger partial charge in [0, 0.05) is 16.9 Å². The lowest BCUT2D eigenvalue weighted by Gasteiger charge is -2.11. The molecule has 0 fully saturated rings. The summed E-state index contributed by atoms with van der Waals surface area (Å²) in [6.07, 6.45) is 1.57. The standard InChI is InChI=1S/C22H20N2O5/c1-15(25)16-6-4-7-17(12-16)24-21(26)14-29-22(27)19-9-2-3-10-20(19)23-13-18-8-5-11-28-18/h2-12,23H,13-14H2,1H3,(H,24,26). The number of carbonyl (C=O) groups excluding carboxylic acids is 3. The minimum absolute atomic E-state index is 0.105. The van der Waals surface area contributed by atoms with Crippen LogP contribution in [-0.2, 0) is 16.1 Å². The third-order valence-corrected chi connectivity index (χ3v) is 4.07. The molecule has 0 bridgehead atoms. The van der Waals surface area contributed by atoms with Crippen molar-refractivity contribution in [1.29, 1.82) is 0 Å². The van der Waals surface area contributed by atoms with Crippen molar-refractivity contribution in [2.24, 2.45) is 0 Å². The first-order valence-corrected chi connectivity index (χ1v) is 8.96. The van der Waals surface area contributed by atoms with Gasteiger partial charge in [0.1, 0.15) is 5.76 Å². The van der Waals surface area contributed by atoms with E-state index < -0.39 is 18.5 Å². The molecule has 2 N–H and O–H groups in total. The van der Waals surface area contributed by atoms with Crippen LogP contribution in [0.5, 0.6) is 0 Å². The summed E-state index contributed by atoms with van der Waals surface area (Å²) in [4.78, 5) is 35.9. The molecule has 148 valence electrons. The number of ketones is 1. The quantitative estimate of drug-likeness (QED) is 0.446. The smallest absolute Gasteiger partial charge is 0.340 e. The van der Waals surface area contributed by atoms with Gasteiger partial charge in [-0.1, -0.05) is 24.3 Å². The minimum Gasteiger partial charge on any atom is -0.467 e. The maximum absolute atomic E-state index is 12.4. The Bertz CT molecular complexity index is 1010. The van der Waals surface area contributed by atoms with Gasteiger partial charge in [-0.25, -0.2) is 4.79 Å². The summed E-state index contributed by atoms with van der Waals surface area (Å²) in [5.41, 5.74) is 1.82. The Hall–Kier alpha value is -3.87. The van der Waals surface area contributed by atoms with Gasteiger partial charge in [0.05, 0.1) is 18.4 Å². The zero-order valence-electron chi connectivity index (χ0n) is 15.8. The molecule has 0 saturated carbocycles. The molecular weight excluding hydrogens is 372 g/mol. The predicted octanol–water partition coefficient (Wildman–Crippen LogP) is 3.89. The fourth-order valence-corrected chi connectivity index (χ4v) is 2.63. The fourth-order valence-electron chi connectivity index (χ4n) is 2.63. The molecule has 2 aromatic carbocycles. The van der Waals surface area contributed by atoms with Crippen LogP contribution < -0.4 is 10.6 Å². The Morgan fingerprint density at radius 3 is 2.59 bits per heavy atom. The summed E-state index contributed by atoms with van der Waals surface area (Å²) >= 11 is 0. The van der Waals surface area contributed by atoms with E-state index in [4.69, 9.17) is 9.15 Å². The number of anilines is 2. The highest BCUT2D eigenvalue weighted by atomic mass is 16.5. The zero-order valence-corrected chi connectivity index (χ0v) is 15.8. The lowest BCUT2D eigenvalue weighted by Crippen LogP contribution is -2.21. The average Bonchev–Trinajstić information content (AvgIpc) is 3.24. The van der Waals surface area contributed by atoms with E-state index in [0.717, 1.165) is 5.76 Å². The van der Waals surface area contributed by atoms with Crippen LogP contribution in [0.2, 0.25) is 0 Å². The van der Waals surface area contributed by atoms with E-state index in [1.165, 1.54) is 6.92 Å². The maximum atomic E-state index is 12.4. The maximum Gasteiger partial charge on any atom is 0.340 e. The van der Waals surface area contributed by atoms with Crippen molar-refractivity contribution in [2.45, 2.75) is 13.5 Å². The predicted molar refractivity (Wildman–Crippen MR) is 108 cm³/mol. The molecule has 0 aliphatic rings. The van der Waals surface area contributed by atoms with Gasteiger partial charge in [0.15, 0.2) is 12.4 Å². The molecule has 0 radical (unpaired) electrons. The lowest BCUT2D eigenvalue weighted by atomic mass is 10.1. The second kappa shape index (κ2) is 9.36. The van der Waals surface area contributed by atoms with Crippen molar-refractivity contribution < 1.29 is 23.5 Å². The third-order valence-electron chi connectivity index (χ3n) is 4.07. The Morgan fingerprint density at radius 2 is 1.83 bits per heavy atom. The van der Waals surface area contributed by atoms with Gasteiger partial charge in [-0.3, -0.25) is 9.59 Å². The number of amides is 1. The van der Waals surface area contributed by atoms with Crippen LogP contribution in [0.1, 0.15) is 33.4 Å². The summed E-state index contributed by atoms with van der Waals surface area (Å²) < 4.78 is 10.4. The van der Waals surface area contributed by atoms with Crippen molar-refractivity contribution in [3.63, 3.8) is 0 Å². The van der Waals surface area contributed by atoms with Crippen LogP contribution in [0.15, 0.2) is 71.3 Å². The summed E-state index contributed by atoms with van der Waals surface area (Å²) in [6, 6.07) is 17.0. The number of hydrogen-bond donors (Lipinski definition) is 2. The van der Waals surface area contributed by atoms with Crippen LogP contribution in [0.3, 0.4) is 0 Å². The van der Waals surface area contributed by atoms with Crippen LogP contribution in [0.4, 0.5) is 11.4 Å². The Kier molecular flexibility index (Phi) is 6.42. The van der Waals surface area contributed by atoms with Crippen molar-refractivity contribution in [2.75, 3.05) is 17.2 Å². The number of furan rings is 1. The van der Waals surface area contributed by atoms with Gasteiger partial charge in [0.25, 0.3) is 5.91 Å². The molecule has 3 aromatic rings. The molecule has 3 rings (SSSR count). The van der Waals surface area contributed by atoms with Gasteiger partial charge in [-0.15, -0.1) is 0 Å². The largest absolute Gasteiger partial charge is 0.467 e. The first-order chi connectivity index (χ1) is 14.0. The SMILES string of the molecule is CC(=O)c1cccc(NC(=O)COC(=O)c2ccccc2NCc2ccco2)c1. The van der Waals surface area contributed by atoms with Gasteiger partial charge in [-0.05, 0) is 43.3 Å². The van der Waals surface area contributed by atoms with E-state index in [-0.39, 0.29) is 5.78 Å². The van der Waals surface area contributed by atoms with E-state index in [1.807, 2.05) is 6.07 Å². The van der Waals surface area contributed by atoms with Crippen LogP contribution in [0.25, 0.3) is 0 Å². The first kappa shape index (κ1) is 19.9. The van der Waals surface area contributed by atoms with E-state index in [0.29, 0.717) is 29.0 Å². The molecule has 1 amide bonds. The Balaban J connectivity index is 1.57. The van der Waals surface area contributed by atoms with Crippen molar-refractivity contribution in [3.8, 4) is 0 Å². The first-order valence-electron chi connectivity index (χ1n) is 8.96. The Labute approximate surface area is 167 Å². The molecule has 0 atom stereocenters. The minimum atomic E-state index is -0.625. The van der Waals surface area contributed by atoms with Crippen molar-refractivity contribution >= 4 is 29.0 Å². The summed E-state index contributed by atoms with van der Waals surface area (Å²) in [7, 11) is 0. The number of hydrogen-bond acceptors (Lipinski definition) is 6. The highest BCUT2D eigenvalue weighted by molar-refractivity contribution is 5.99. The molecule has 0 saturated heterocycles. The summed E-state index contributed by atoms with van der Waals surface area (Å²) in [5, 5.41) is 5.72. The molecular formula is C22H20N2O5. The Morgan fingerprint density at radius 1 is 1.00 bits per heavy atom. The molecule has 1 heterocycles. The molecule has 0 spiro atoms. The number of para-hydroxylation sites is 1. The molecule has 1 aromatic heterocycles. The lowest BCUT2D eigenvalue weighted by molar-refractivity contribution is -0.119. The summed E-state index contributed by atoms with van der Waals surface area (Å²) in [5.74, 6) is -0.508. The molecule has 0 unspecified atom stereocenters. The second-order valence-corrected chi connectivity index (χ2v) is 6.24. The number of benzene rings is 2. The molecule has 0 aliphatic carbocycles. The number of nitrogens with one attached hydrogen (secondary N) is 2. The topological polar surface area (TPSA) is 97.6 Å². The molecule has 0 aliphatic heterocycles. The van der Waals surface area contributed by atoms with Gasteiger partial charge in [-0.2, -0.15) is 0 Å². The number of Topliss-reactive ketones (excluding diaryl/α,β-unsaturated/α-hetero) is 1. The summed E-state index contributed by atoms with van der Waals surface area (Å²) in [6.45, 7) is 1.40. The van der Waals surface area contributed by atoms with Crippen molar-refractivity contribution in [1.82, 2.24) is 0 Å².